The fraction of sp³-hybridized carbons (Fsp3) is 0. The Bertz CT molecular complexity index is 4070. The van der Waals surface area contributed by atoms with Crippen LogP contribution in [0, 0.1) is 35.8 Å². The Balaban J connectivity index is 1.26. The summed E-state index contributed by atoms with van der Waals surface area (Å²) < 4.78 is 17.3. The van der Waals surface area contributed by atoms with E-state index in [1.807, 2.05) is 108 Å². The van der Waals surface area contributed by atoms with E-state index in [1.165, 1.54) is 0 Å². The fourth-order valence-corrected chi connectivity index (χ4v) is 9.34. The van der Waals surface area contributed by atoms with Crippen molar-refractivity contribution in [2.45, 2.75) is 0 Å². The van der Waals surface area contributed by atoms with Crippen molar-refractivity contribution in [1.82, 2.24) is 9.13 Å². The summed E-state index contributed by atoms with van der Waals surface area (Å²) >= 11 is 0. The molecule has 0 unspecified atom stereocenters. The van der Waals surface area contributed by atoms with Gasteiger partial charge in [-0.1, -0.05) is 91.0 Å². The second-order valence-electron chi connectivity index (χ2n) is 14.8. The van der Waals surface area contributed by atoms with Gasteiger partial charge in [0, 0.05) is 48.7 Å². The van der Waals surface area contributed by atoms with E-state index in [0.717, 1.165) is 65.2 Å². The summed E-state index contributed by atoms with van der Waals surface area (Å²) in [5.41, 5.74) is 8.46. The van der Waals surface area contributed by atoms with E-state index < -0.39 is 0 Å². The van der Waals surface area contributed by atoms with Gasteiger partial charge in [-0.2, -0.15) is 10.5 Å². The van der Waals surface area contributed by atoms with Gasteiger partial charge in [0.15, 0.2) is 16.9 Å². The van der Waals surface area contributed by atoms with Gasteiger partial charge in [0.2, 0.25) is 5.69 Å². The van der Waals surface area contributed by atoms with E-state index in [-0.39, 0.29) is 22.6 Å². The van der Waals surface area contributed by atoms with E-state index in [4.69, 9.17) is 22.0 Å². The number of nitriles is 2. The van der Waals surface area contributed by atoms with Crippen LogP contribution in [0.4, 0.5) is 11.4 Å². The molecular weight excluding hydrogens is 741 g/mol. The van der Waals surface area contributed by atoms with Crippen LogP contribution in [0.25, 0.3) is 120 Å². The average molecular weight is 765 g/mol. The molecule has 0 aliphatic heterocycles. The molecule has 8 nitrogen and oxygen atoms in total. The van der Waals surface area contributed by atoms with Crippen LogP contribution in [0.1, 0.15) is 11.1 Å². The molecule has 8 heteroatoms. The molecule has 60 heavy (non-hydrogen) atoms. The first kappa shape index (κ1) is 33.1. The Morgan fingerprint density at radius 3 is 1.58 bits per heavy atom. The monoisotopic (exact) mass is 764 g/mol. The van der Waals surface area contributed by atoms with Gasteiger partial charge >= 0.3 is 0 Å². The summed E-state index contributed by atoms with van der Waals surface area (Å²) in [6.45, 7) is 17.0. The molecule has 8 aromatic carbocycles. The first-order valence-corrected chi connectivity index (χ1v) is 19.2. The zero-order chi connectivity index (χ0) is 40.2. The number of benzene rings is 8. The first-order valence-electron chi connectivity index (χ1n) is 19.2. The molecular formula is C52H24N6O2. The van der Waals surface area contributed by atoms with Gasteiger partial charge in [0.1, 0.15) is 17.2 Å². The molecule has 4 aromatic heterocycles. The second kappa shape index (κ2) is 12.2. The maximum absolute atomic E-state index is 11.5. The van der Waals surface area contributed by atoms with Crippen LogP contribution in [-0.4, -0.2) is 9.13 Å². The molecule has 0 saturated carbocycles. The Kier molecular flexibility index (Phi) is 6.73. The Hall–Kier alpha value is -9.08. The van der Waals surface area contributed by atoms with Gasteiger partial charge in [-0.25, -0.2) is 9.69 Å². The van der Waals surface area contributed by atoms with Crippen molar-refractivity contribution >= 4 is 98.9 Å². The highest BCUT2D eigenvalue weighted by molar-refractivity contribution is 6.23. The number of aromatic nitrogens is 2. The summed E-state index contributed by atoms with van der Waals surface area (Å²) in [7, 11) is 0. The van der Waals surface area contributed by atoms with Crippen LogP contribution in [0.5, 0.6) is 0 Å². The molecule has 0 atom stereocenters. The highest BCUT2D eigenvalue weighted by atomic mass is 16.3. The quantitative estimate of drug-likeness (QED) is 0.167. The highest BCUT2D eigenvalue weighted by Gasteiger charge is 2.29. The average Bonchev–Trinajstić information content (AvgIpc) is 4.06. The summed E-state index contributed by atoms with van der Waals surface area (Å²) in [6, 6.07) is 51.9. The third-order valence-corrected chi connectivity index (χ3v) is 11.8. The molecule has 0 aliphatic rings. The van der Waals surface area contributed by atoms with E-state index in [1.54, 1.807) is 18.2 Å². The second-order valence-corrected chi connectivity index (χ2v) is 14.8. The lowest BCUT2D eigenvalue weighted by Gasteiger charge is -2.20. The zero-order valence-corrected chi connectivity index (χ0v) is 31.4. The minimum Gasteiger partial charge on any atom is -0.454 e. The van der Waals surface area contributed by atoms with Crippen molar-refractivity contribution in [2.24, 2.45) is 0 Å². The van der Waals surface area contributed by atoms with E-state index in [9.17, 15) is 10.5 Å². The van der Waals surface area contributed by atoms with Crippen LogP contribution in [0.15, 0.2) is 154 Å². The van der Waals surface area contributed by atoms with E-state index in [2.05, 4.69) is 50.7 Å². The smallest absolute Gasteiger partial charge is 0.219 e. The molecule has 0 bridgehead atoms. The van der Waals surface area contributed by atoms with Gasteiger partial charge in [-0.05, 0) is 60.2 Å². The van der Waals surface area contributed by atoms with Crippen molar-refractivity contribution in [1.29, 1.82) is 10.5 Å². The molecule has 0 aliphatic carbocycles. The van der Waals surface area contributed by atoms with Crippen LogP contribution >= 0.6 is 0 Å². The molecule has 0 radical (unpaired) electrons. The largest absolute Gasteiger partial charge is 0.454 e. The van der Waals surface area contributed by atoms with Crippen molar-refractivity contribution in [3.05, 3.63) is 180 Å². The lowest BCUT2D eigenvalue weighted by molar-refractivity contribution is 0.671. The van der Waals surface area contributed by atoms with Gasteiger partial charge < -0.3 is 18.0 Å². The fourth-order valence-electron chi connectivity index (χ4n) is 9.34. The highest BCUT2D eigenvalue weighted by Crippen LogP contribution is 2.50. The third kappa shape index (κ3) is 4.28. The number of furan rings is 2. The van der Waals surface area contributed by atoms with E-state index >= 15 is 0 Å². The van der Waals surface area contributed by atoms with Gasteiger partial charge in [0.25, 0.3) is 0 Å². The molecule has 0 fully saturated rings. The van der Waals surface area contributed by atoms with Crippen LogP contribution in [0.2, 0.25) is 0 Å². The SMILES string of the molecule is [C-]#[N+]c1cc(-c2cc(C#N)ccc2-n2c3ccccc3c3ccc4c5ccccc5oc4c32)c(C#N)c(-n2c3ccccc3c3ccc4c5ccccc5oc4c32)c1[N+]#[C-]. The maximum Gasteiger partial charge on any atom is 0.219 e. The molecule has 0 saturated heterocycles. The molecule has 12 rings (SSSR count). The topological polar surface area (TPSA) is 92.4 Å². The van der Waals surface area contributed by atoms with Crippen LogP contribution in [0.3, 0.4) is 0 Å². The number of hydrogen-bond donors (Lipinski definition) is 0. The lowest BCUT2D eigenvalue weighted by Crippen LogP contribution is -2.03. The Labute approximate surface area is 340 Å². The summed E-state index contributed by atoms with van der Waals surface area (Å²) in [6.07, 6.45) is 0. The predicted octanol–water partition coefficient (Wildman–Crippen LogP) is 14.2. The number of hydrogen-bond acceptors (Lipinski definition) is 4. The lowest BCUT2D eigenvalue weighted by atomic mass is 9.93. The molecule has 0 N–H and O–H groups in total. The molecule has 12 aromatic rings. The standard InChI is InChI=1S/C52H24N6O2/c1-55-41-26-38(40(28-54)48(47(41)56-2)58-43-16-8-4-12-31(43)35-21-23-37-33-14-6-10-18-46(33)60-52(37)50(35)58)39-25-29(27-53)19-24-44(39)57-42-15-7-3-11-30(42)34-20-22-36-32-13-5-9-17-45(32)59-51(36)49(34)57/h3-26H. The van der Waals surface area contributed by atoms with Crippen molar-refractivity contribution in [2.75, 3.05) is 0 Å². The number of nitrogens with zero attached hydrogens (tertiary/aromatic N) is 6. The number of rotatable bonds is 3. The number of para-hydroxylation sites is 4. The van der Waals surface area contributed by atoms with E-state index in [0.29, 0.717) is 44.6 Å². The van der Waals surface area contributed by atoms with Crippen molar-refractivity contribution < 1.29 is 8.83 Å². The van der Waals surface area contributed by atoms with Crippen molar-refractivity contribution in [3.63, 3.8) is 0 Å². The molecule has 0 spiro atoms. The molecule has 4 heterocycles. The summed E-state index contributed by atoms with van der Waals surface area (Å²) in [5.74, 6) is 0. The van der Waals surface area contributed by atoms with Crippen LogP contribution < -0.4 is 0 Å². The van der Waals surface area contributed by atoms with Gasteiger partial charge in [-0.3, -0.25) is 0 Å². The first-order chi connectivity index (χ1) is 29.6. The van der Waals surface area contributed by atoms with Gasteiger partial charge in [0.05, 0.1) is 63.8 Å². The van der Waals surface area contributed by atoms with Crippen LogP contribution in [-0.2, 0) is 0 Å². The molecule has 274 valence electrons. The third-order valence-electron chi connectivity index (χ3n) is 11.8. The molecule has 0 amide bonds. The minimum absolute atomic E-state index is 0.0416. The normalized spacial score (nSPS) is 11.6. The Morgan fingerprint density at radius 2 is 1.02 bits per heavy atom. The maximum atomic E-state index is 11.5. The Morgan fingerprint density at radius 1 is 0.483 bits per heavy atom. The van der Waals surface area contributed by atoms with Crippen molar-refractivity contribution in [3.8, 4) is 34.6 Å². The van der Waals surface area contributed by atoms with Gasteiger partial charge in [-0.15, -0.1) is 0 Å². The predicted molar refractivity (Wildman–Crippen MR) is 237 cm³/mol. The summed E-state index contributed by atoms with van der Waals surface area (Å²) in [5, 5.41) is 29.4. The zero-order valence-electron chi connectivity index (χ0n) is 31.4. The number of fused-ring (bicyclic) bond motifs is 14. The summed E-state index contributed by atoms with van der Waals surface area (Å²) in [4.78, 5) is 7.92. The minimum atomic E-state index is 0.0416.